The number of nitrogens with two attached hydrogens (primary N) is 1. The minimum absolute atomic E-state index is 0.0181. The van der Waals surface area contributed by atoms with Crippen LogP contribution in [0.4, 0.5) is 0 Å². The predicted octanol–water partition coefficient (Wildman–Crippen LogP) is 5.31. The van der Waals surface area contributed by atoms with Gasteiger partial charge in [-0.15, -0.1) is 0 Å². The lowest BCUT2D eigenvalue weighted by atomic mass is 9.83. The van der Waals surface area contributed by atoms with Crippen LogP contribution in [0.1, 0.15) is 47.2 Å². The molecule has 3 aromatic carbocycles. The zero-order valence-electron chi connectivity index (χ0n) is 19.6. The normalized spacial score (nSPS) is 14.4. The standard InChI is InChI=1S/C28H26N2O5/c1-3-4-14-33-20-10-8-18(9-11-20)26-23-13-12-22(16-25(23)35-27(30)24(26)17-29)34-28(31)19-6-5-7-21(15-19)32-2/h5-13,15-16,26H,3-4,14,30H2,1-2H3. The Morgan fingerprint density at radius 3 is 2.54 bits per heavy atom. The molecule has 2 N–H and O–H groups in total. The van der Waals surface area contributed by atoms with Crippen molar-refractivity contribution in [3.05, 3.63) is 94.9 Å². The van der Waals surface area contributed by atoms with Gasteiger partial charge < -0.3 is 24.7 Å². The van der Waals surface area contributed by atoms with Crippen molar-refractivity contribution < 1.29 is 23.7 Å². The number of fused-ring (bicyclic) bond motifs is 1. The van der Waals surface area contributed by atoms with Crippen molar-refractivity contribution in [2.75, 3.05) is 13.7 Å². The van der Waals surface area contributed by atoms with Gasteiger partial charge in [0, 0.05) is 11.6 Å². The van der Waals surface area contributed by atoms with Crippen LogP contribution in [0, 0.1) is 11.3 Å². The second-order valence-corrected chi connectivity index (χ2v) is 8.02. The number of nitriles is 1. The molecule has 0 bridgehead atoms. The molecule has 35 heavy (non-hydrogen) atoms. The van der Waals surface area contributed by atoms with Gasteiger partial charge in [-0.05, 0) is 48.4 Å². The topological polar surface area (TPSA) is 104 Å². The van der Waals surface area contributed by atoms with E-state index in [1.165, 1.54) is 7.11 Å². The first-order valence-electron chi connectivity index (χ1n) is 11.3. The van der Waals surface area contributed by atoms with E-state index in [0.717, 1.165) is 29.7 Å². The third-order valence-electron chi connectivity index (χ3n) is 5.69. The summed E-state index contributed by atoms with van der Waals surface area (Å²) in [6.45, 7) is 2.77. The molecule has 1 atom stereocenters. The number of unbranched alkanes of at least 4 members (excludes halogenated alkanes) is 1. The number of nitrogens with zero attached hydrogens (tertiary/aromatic N) is 1. The van der Waals surface area contributed by atoms with Gasteiger partial charge in [0.05, 0.1) is 25.2 Å². The van der Waals surface area contributed by atoms with Gasteiger partial charge in [-0.25, -0.2) is 4.79 Å². The van der Waals surface area contributed by atoms with E-state index in [1.54, 1.807) is 42.5 Å². The lowest BCUT2D eigenvalue weighted by Gasteiger charge is -2.26. The van der Waals surface area contributed by atoms with Crippen molar-refractivity contribution in [1.29, 1.82) is 5.26 Å². The highest BCUT2D eigenvalue weighted by atomic mass is 16.5. The number of hydrogen-bond acceptors (Lipinski definition) is 7. The summed E-state index contributed by atoms with van der Waals surface area (Å²) >= 11 is 0. The highest BCUT2D eigenvalue weighted by Gasteiger charge is 2.31. The van der Waals surface area contributed by atoms with Gasteiger partial charge >= 0.3 is 5.97 Å². The number of esters is 1. The first-order chi connectivity index (χ1) is 17.0. The van der Waals surface area contributed by atoms with Crippen molar-refractivity contribution in [3.63, 3.8) is 0 Å². The van der Waals surface area contributed by atoms with Crippen LogP contribution in [0.5, 0.6) is 23.0 Å². The summed E-state index contributed by atoms with van der Waals surface area (Å²) in [7, 11) is 1.53. The lowest BCUT2D eigenvalue weighted by Crippen LogP contribution is -2.21. The van der Waals surface area contributed by atoms with E-state index in [2.05, 4.69) is 13.0 Å². The second-order valence-electron chi connectivity index (χ2n) is 8.02. The molecular formula is C28H26N2O5. The summed E-state index contributed by atoms with van der Waals surface area (Å²) in [5.74, 6) is 1.11. The van der Waals surface area contributed by atoms with Gasteiger partial charge in [-0.3, -0.25) is 0 Å². The highest BCUT2D eigenvalue weighted by molar-refractivity contribution is 5.91. The minimum Gasteiger partial charge on any atom is -0.497 e. The van der Waals surface area contributed by atoms with Crippen molar-refractivity contribution in [1.82, 2.24) is 0 Å². The molecule has 4 rings (SSSR count). The largest absolute Gasteiger partial charge is 0.497 e. The molecule has 0 spiro atoms. The Labute approximate surface area is 204 Å². The molecule has 1 aliphatic heterocycles. The second kappa shape index (κ2) is 10.7. The fourth-order valence-electron chi connectivity index (χ4n) is 3.85. The van der Waals surface area contributed by atoms with Crippen LogP contribution in [0.25, 0.3) is 0 Å². The predicted molar refractivity (Wildman–Crippen MR) is 131 cm³/mol. The van der Waals surface area contributed by atoms with Gasteiger partial charge in [0.1, 0.15) is 34.6 Å². The molecule has 0 aliphatic carbocycles. The maximum absolute atomic E-state index is 12.6. The van der Waals surface area contributed by atoms with Crippen molar-refractivity contribution in [2.24, 2.45) is 5.73 Å². The molecule has 0 saturated heterocycles. The van der Waals surface area contributed by atoms with E-state index in [4.69, 9.17) is 24.7 Å². The van der Waals surface area contributed by atoms with Crippen LogP contribution in [0.3, 0.4) is 0 Å². The Hall–Kier alpha value is -4.44. The molecule has 1 aliphatic rings. The van der Waals surface area contributed by atoms with Crippen LogP contribution in [0.15, 0.2) is 78.2 Å². The number of methoxy groups -OCH3 is 1. The number of ether oxygens (including phenoxy) is 4. The molecule has 0 radical (unpaired) electrons. The minimum atomic E-state index is -0.531. The van der Waals surface area contributed by atoms with E-state index in [0.29, 0.717) is 35.0 Å². The number of carbonyl (C=O) groups excluding carboxylic acids is 1. The zero-order valence-corrected chi connectivity index (χ0v) is 19.6. The van der Waals surface area contributed by atoms with E-state index < -0.39 is 11.9 Å². The zero-order chi connectivity index (χ0) is 24.8. The first kappa shape index (κ1) is 23.7. The maximum atomic E-state index is 12.6. The van der Waals surface area contributed by atoms with Gasteiger partial charge in [0.15, 0.2) is 0 Å². The Morgan fingerprint density at radius 2 is 1.83 bits per heavy atom. The van der Waals surface area contributed by atoms with Gasteiger partial charge in [-0.2, -0.15) is 5.26 Å². The van der Waals surface area contributed by atoms with Crippen LogP contribution < -0.4 is 24.7 Å². The van der Waals surface area contributed by atoms with E-state index in [-0.39, 0.29) is 5.88 Å². The van der Waals surface area contributed by atoms with E-state index in [9.17, 15) is 10.1 Å². The summed E-state index contributed by atoms with van der Waals surface area (Å²) in [6, 6.07) is 21.5. The third-order valence-corrected chi connectivity index (χ3v) is 5.69. The molecule has 0 saturated carbocycles. The number of rotatable bonds is 8. The Morgan fingerprint density at radius 1 is 1.06 bits per heavy atom. The number of benzene rings is 3. The quantitative estimate of drug-likeness (QED) is 0.270. The summed E-state index contributed by atoms with van der Waals surface area (Å²) in [5, 5.41) is 9.79. The van der Waals surface area contributed by atoms with Crippen LogP contribution in [-0.2, 0) is 0 Å². The van der Waals surface area contributed by atoms with Crippen molar-refractivity contribution in [3.8, 4) is 29.1 Å². The summed E-state index contributed by atoms with van der Waals surface area (Å²) in [5.41, 5.74) is 8.40. The summed E-state index contributed by atoms with van der Waals surface area (Å²) in [4.78, 5) is 12.6. The summed E-state index contributed by atoms with van der Waals surface area (Å²) in [6.07, 6.45) is 2.04. The van der Waals surface area contributed by atoms with E-state index >= 15 is 0 Å². The number of allylic oxidation sites excluding steroid dienone is 1. The average Bonchev–Trinajstić information content (AvgIpc) is 2.88. The Bertz CT molecular complexity index is 1290. The smallest absolute Gasteiger partial charge is 0.343 e. The van der Waals surface area contributed by atoms with Gasteiger partial charge in [0.25, 0.3) is 0 Å². The maximum Gasteiger partial charge on any atom is 0.343 e. The molecule has 1 unspecified atom stereocenters. The van der Waals surface area contributed by atoms with Gasteiger partial charge in [0.2, 0.25) is 5.88 Å². The van der Waals surface area contributed by atoms with Crippen LogP contribution in [-0.4, -0.2) is 19.7 Å². The third kappa shape index (κ3) is 5.22. The average molecular weight is 471 g/mol. The SMILES string of the molecule is CCCCOc1ccc(C2C(C#N)=C(N)Oc3cc(OC(=O)c4cccc(OC)c4)ccc32)cc1. The lowest BCUT2D eigenvalue weighted by molar-refractivity contribution is 0.0734. The molecule has 178 valence electrons. The first-order valence-corrected chi connectivity index (χ1v) is 11.3. The molecule has 7 heteroatoms. The fraction of sp³-hybridized carbons (Fsp3) is 0.214. The fourth-order valence-corrected chi connectivity index (χ4v) is 3.85. The van der Waals surface area contributed by atoms with Crippen molar-refractivity contribution >= 4 is 5.97 Å². The molecule has 3 aromatic rings. The molecule has 1 heterocycles. The van der Waals surface area contributed by atoms with Crippen molar-refractivity contribution in [2.45, 2.75) is 25.7 Å². The van der Waals surface area contributed by atoms with Crippen LogP contribution >= 0.6 is 0 Å². The number of hydrogen-bond donors (Lipinski definition) is 1. The van der Waals surface area contributed by atoms with E-state index in [1.807, 2.05) is 24.3 Å². The molecule has 0 fully saturated rings. The van der Waals surface area contributed by atoms with Gasteiger partial charge in [-0.1, -0.05) is 37.6 Å². The highest BCUT2D eigenvalue weighted by Crippen LogP contribution is 2.43. The Balaban J connectivity index is 1.60. The molecule has 7 nitrogen and oxygen atoms in total. The molecule has 0 aromatic heterocycles. The summed E-state index contributed by atoms with van der Waals surface area (Å²) < 4.78 is 22.2. The van der Waals surface area contributed by atoms with Crippen LogP contribution in [0.2, 0.25) is 0 Å². The number of carbonyl (C=O) groups is 1. The Kier molecular flexibility index (Phi) is 7.22. The molecular weight excluding hydrogens is 444 g/mol. The molecule has 0 amide bonds. The monoisotopic (exact) mass is 470 g/mol.